The third-order valence-corrected chi connectivity index (χ3v) is 4.27. The number of aryl methyl sites for hydroxylation is 3. The summed E-state index contributed by atoms with van der Waals surface area (Å²) in [4.78, 5) is 4.53. The van der Waals surface area contributed by atoms with Crippen LogP contribution in [0.4, 0.5) is 0 Å². The fraction of sp³-hybridized carbons (Fsp3) is 0.235. The Kier molecular flexibility index (Phi) is 2.36. The Morgan fingerprint density at radius 2 is 2.10 bits per heavy atom. The number of aromatic nitrogens is 2. The first-order valence-corrected chi connectivity index (χ1v) is 6.89. The molecule has 0 amide bonds. The minimum Gasteiger partial charge on any atom is -0.497 e. The van der Waals surface area contributed by atoms with Crippen molar-refractivity contribution in [2.45, 2.75) is 12.8 Å². The number of benzene rings is 1. The van der Waals surface area contributed by atoms with Crippen molar-refractivity contribution in [3.8, 4) is 17.0 Å². The van der Waals surface area contributed by atoms with Crippen LogP contribution in [0.3, 0.4) is 0 Å². The highest BCUT2D eigenvalue weighted by atomic mass is 16.5. The van der Waals surface area contributed by atoms with Gasteiger partial charge in [0.15, 0.2) is 0 Å². The van der Waals surface area contributed by atoms with Crippen LogP contribution >= 0.6 is 0 Å². The van der Waals surface area contributed by atoms with Gasteiger partial charge in [0.05, 0.1) is 12.8 Å². The van der Waals surface area contributed by atoms with Crippen LogP contribution in [0.5, 0.6) is 5.75 Å². The summed E-state index contributed by atoms with van der Waals surface area (Å²) in [6.45, 7) is 0. The van der Waals surface area contributed by atoms with Gasteiger partial charge in [0.1, 0.15) is 5.75 Å². The summed E-state index contributed by atoms with van der Waals surface area (Å²) in [6, 6.07) is 10.5. The number of pyridine rings is 1. The van der Waals surface area contributed by atoms with E-state index >= 15 is 0 Å². The topological polar surface area (TPSA) is 27.1 Å². The van der Waals surface area contributed by atoms with E-state index in [1.165, 1.54) is 33.4 Å². The number of nitrogens with zero attached hydrogens (tertiary/aromatic N) is 2. The fourth-order valence-electron chi connectivity index (χ4n) is 3.32. The Morgan fingerprint density at radius 1 is 1.20 bits per heavy atom. The lowest BCUT2D eigenvalue weighted by molar-refractivity contribution is 0.415. The summed E-state index contributed by atoms with van der Waals surface area (Å²) in [7, 11) is 3.85. The van der Waals surface area contributed by atoms with E-state index in [0.717, 1.165) is 18.6 Å². The Bertz CT molecular complexity index is 817. The van der Waals surface area contributed by atoms with Crippen LogP contribution in [-0.4, -0.2) is 16.7 Å². The molecule has 3 nitrogen and oxygen atoms in total. The summed E-state index contributed by atoms with van der Waals surface area (Å²) in [5.41, 5.74) is 6.46. The summed E-state index contributed by atoms with van der Waals surface area (Å²) in [6.07, 6.45) is 3.94. The lowest BCUT2D eigenvalue weighted by Crippen LogP contribution is -2.07. The Morgan fingerprint density at radius 3 is 2.95 bits per heavy atom. The number of rotatable bonds is 1. The van der Waals surface area contributed by atoms with Crippen molar-refractivity contribution in [1.82, 2.24) is 9.55 Å². The average Bonchev–Trinajstić information content (AvgIpc) is 2.80. The fourth-order valence-corrected chi connectivity index (χ4v) is 3.32. The minimum absolute atomic E-state index is 0.919. The molecule has 0 aliphatic heterocycles. The van der Waals surface area contributed by atoms with Gasteiger partial charge in [0.2, 0.25) is 0 Å². The zero-order valence-electron chi connectivity index (χ0n) is 11.7. The molecule has 1 aliphatic carbocycles. The van der Waals surface area contributed by atoms with Crippen LogP contribution in [0.15, 0.2) is 36.5 Å². The van der Waals surface area contributed by atoms with Crippen LogP contribution < -0.4 is 4.74 Å². The number of hydrogen-bond acceptors (Lipinski definition) is 2. The zero-order chi connectivity index (χ0) is 13.7. The van der Waals surface area contributed by atoms with Gasteiger partial charge in [-0.3, -0.25) is 4.98 Å². The van der Waals surface area contributed by atoms with Gasteiger partial charge in [-0.2, -0.15) is 0 Å². The summed E-state index contributed by atoms with van der Waals surface area (Å²) < 4.78 is 7.65. The first kappa shape index (κ1) is 11.5. The van der Waals surface area contributed by atoms with E-state index in [1.54, 1.807) is 7.11 Å². The number of fused-ring (bicyclic) bond motifs is 5. The van der Waals surface area contributed by atoms with Crippen molar-refractivity contribution >= 4 is 10.9 Å². The van der Waals surface area contributed by atoms with Gasteiger partial charge in [0, 0.05) is 35.4 Å². The van der Waals surface area contributed by atoms with Crippen molar-refractivity contribution in [1.29, 1.82) is 0 Å². The molecule has 4 rings (SSSR count). The molecule has 0 fully saturated rings. The third-order valence-electron chi connectivity index (χ3n) is 4.27. The number of methoxy groups -OCH3 is 1. The van der Waals surface area contributed by atoms with Gasteiger partial charge in [0.25, 0.3) is 0 Å². The summed E-state index contributed by atoms with van der Waals surface area (Å²) in [5, 5.41) is 1.30. The Hall–Kier alpha value is -2.29. The molecule has 0 saturated carbocycles. The van der Waals surface area contributed by atoms with Gasteiger partial charge in [-0.15, -0.1) is 0 Å². The molecular weight excluding hydrogens is 248 g/mol. The molecule has 3 heteroatoms. The predicted octanol–water partition coefficient (Wildman–Crippen LogP) is 3.35. The standard InChI is InChI=1S/C17H16N2O/c1-19-16-8-5-11(20-2)10-14(16)12-6-7-15-13(17(12)19)4-3-9-18-15/h3-5,8-10H,6-7H2,1-2H3. The highest BCUT2D eigenvalue weighted by Crippen LogP contribution is 2.39. The summed E-state index contributed by atoms with van der Waals surface area (Å²) >= 11 is 0. The van der Waals surface area contributed by atoms with Gasteiger partial charge >= 0.3 is 0 Å². The van der Waals surface area contributed by atoms with Crippen molar-refractivity contribution in [3.05, 3.63) is 47.8 Å². The van der Waals surface area contributed by atoms with Gasteiger partial charge in [-0.1, -0.05) is 0 Å². The van der Waals surface area contributed by atoms with E-state index in [9.17, 15) is 0 Å². The van der Waals surface area contributed by atoms with Crippen LogP contribution in [0, 0.1) is 0 Å². The SMILES string of the molecule is COc1ccc2c(c1)c1c(n2C)-c2cccnc2CC1. The Balaban J connectivity index is 2.09. The molecule has 20 heavy (non-hydrogen) atoms. The molecule has 0 atom stereocenters. The molecule has 3 aromatic rings. The first-order chi connectivity index (χ1) is 9.79. The molecule has 0 unspecified atom stereocenters. The van der Waals surface area contributed by atoms with Crippen molar-refractivity contribution in [3.63, 3.8) is 0 Å². The maximum atomic E-state index is 5.37. The maximum absolute atomic E-state index is 5.37. The lowest BCUT2D eigenvalue weighted by atomic mass is 9.92. The smallest absolute Gasteiger partial charge is 0.119 e. The molecule has 2 aromatic heterocycles. The molecule has 100 valence electrons. The molecule has 0 spiro atoms. The van der Waals surface area contributed by atoms with E-state index < -0.39 is 0 Å². The lowest BCUT2D eigenvalue weighted by Gasteiger charge is -2.17. The zero-order valence-corrected chi connectivity index (χ0v) is 11.7. The normalized spacial score (nSPS) is 13.1. The van der Waals surface area contributed by atoms with Gasteiger partial charge < -0.3 is 9.30 Å². The van der Waals surface area contributed by atoms with Crippen LogP contribution in [0.1, 0.15) is 11.3 Å². The minimum atomic E-state index is 0.919. The summed E-state index contributed by atoms with van der Waals surface area (Å²) in [5.74, 6) is 0.919. The van der Waals surface area contributed by atoms with Crippen LogP contribution in [-0.2, 0) is 19.9 Å². The van der Waals surface area contributed by atoms with Gasteiger partial charge in [-0.05, 0) is 48.7 Å². The number of ether oxygens (including phenoxy) is 1. The molecule has 0 bridgehead atoms. The van der Waals surface area contributed by atoms with Crippen LogP contribution in [0.2, 0.25) is 0 Å². The van der Waals surface area contributed by atoms with E-state index in [1.807, 2.05) is 18.3 Å². The number of hydrogen-bond donors (Lipinski definition) is 0. The van der Waals surface area contributed by atoms with E-state index in [2.05, 4.69) is 34.8 Å². The van der Waals surface area contributed by atoms with Crippen molar-refractivity contribution in [2.24, 2.45) is 7.05 Å². The third kappa shape index (κ3) is 1.43. The molecule has 0 radical (unpaired) electrons. The predicted molar refractivity (Wildman–Crippen MR) is 80.1 cm³/mol. The molecule has 0 saturated heterocycles. The van der Waals surface area contributed by atoms with Crippen molar-refractivity contribution in [2.75, 3.05) is 7.11 Å². The largest absolute Gasteiger partial charge is 0.497 e. The maximum Gasteiger partial charge on any atom is 0.119 e. The first-order valence-electron chi connectivity index (χ1n) is 6.89. The average molecular weight is 264 g/mol. The van der Waals surface area contributed by atoms with E-state index in [4.69, 9.17) is 4.74 Å². The monoisotopic (exact) mass is 264 g/mol. The molecular formula is C17H16N2O. The molecule has 1 aromatic carbocycles. The molecule has 0 N–H and O–H groups in total. The van der Waals surface area contributed by atoms with E-state index in [-0.39, 0.29) is 0 Å². The molecule has 2 heterocycles. The highest BCUT2D eigenvalue weighted by molar-refractivity contribution is 5.93. The molecule has 1 aliphatic rings. The second kappa shape index (κ2) is 4.10. The van der Waals surface area contributed by atoms with E-state index in [0.29, 0.717) is 0 Å². The Labute approximate surface area is 117 Å². The second-order valence-corrected chi connectivity index (χ2v) is 5.27. The quantitative estimate of drug-likeness (QED) is 0.674. The highest BCUT2D eigenvalue weighted by Gasteiger charge is 2.23. The van der Waals surface area contributed by atoms with Crippen LogP contribution in [0.25, 0.3) is 22.2 Å². The van der Waals surface area contributed by atoms with Gasteiger partial charge in [-0.25, -0.2) is 0 Å². The second-order valence-electron chi connectivity index (χ2n) is 5.27. The van der Waals surface area contributed by atoms with Crippen molar-refractivity contribution < 1.29 is 4.74 Å².